The molecule has 0 radical (unpaired) electrons. The van der Waals surface area contributed by atoms with Crippen LogP contribution in [-0.4, -0.2) is 11.0 Å². The average Bonchev–Trinajstić information content (AvgIpc) is 2.23. The predicted octanol–water partition coefficient (Wildman–Crippen LogP) is 3.88. The Balaban J connectivity index is 2.77. The standard InChI is InChI=1S/C13H19BrN2O2/c1-9(13(2,3)4)15-8-10-5-11(14)7-12(6-10)16(17)18/h5-7,9,15H,8H2,1-4H3. The molecule has 0 heterocycles. The molecule has 0 fully saturated rings. The van der Waals surface area contributed by atoms with E-state index in [-0.39, 0.29) is 16.0 Å². The van der Waals surface area contributed by atoms with E-state index in [1.165, 1.54) is 6.07 Å². The topological polar surface area (TPSA) is 55.2 Å². The zero-order valence-corrected chi connectivity index (χ0v) is 12.7. The van der Waals surface area contributed by atoms with Gasteiger partial charge in [-0.2, -0.15) is 0 Å². The number of nitro groups is 1. The van der Waals surface area contributed by atoms with E-state index < -0.39 is 0 Å². The normalized spacial score (nSPS) is 13.4. The minimum atomic E-state index is -0.374. The number of halogens is 1. The van der Waals surface area contributed by atoms with Gasteiger partial charge in [0.1, 0.15) is 0 Å². The number of nitrogens with zero attached hydrogens (tertiary/aromatic N) is 1. The van der Waals surface area contributed by atoms with E-state index in [0.717, 1.165) is 10.0 Å². The molecule has 18 heavy (non-hydrogen) atoms. The fourth-order valence-corrected chi connectivity index (χ4v) is 1.95. The zero-order valence-electron chi connectivity index (χ0n) is 11.2. The monoisotopic (exact) mass is 314 g/mol. The molecular weight excluding hydrogens is 296 g/mol. The highest BCUT2D eigenvalue weighted by atomic mass is 79.9. The number of benzene rings is 1. The molecule has 4 nitrogen and oxygen atoms in total. The van der Waals surface area contributed by atoms with E-state index >= 15 is 0 Å². The number of hydrogen-bond acceptors (Lipinski definition) is 3. The van der Waals surface area contributed by atoms with Crippen molar-refractivity contribution in [2.75, 3.05) is 0 Å². The molecule has 5 heteroatoms. The Morgan fingerprint density at radius 2 is 2.00 bits per heavy atom. The average molecular weight is 315 g/mol. The van der Waals surface area contributed by atoms with Crippen molar-refractivity contribution >= 4 is 21.6 Å². The third-order valence-electron chi connectivity index (χ3n) is 3.06. The summed E-state index contributed by atoms with van der Waals surface area (Å²) in [5, 5.41) is 14.2. The summed E-state index contributed by atoms with van der Waals surface area (Å²) in [5.41, 5.74) is 1.19. The Bertz CT molecular complexity index is 441. The van der Waals surface area contributed by atoms with Crippen molar-refractivity contribution in [2.24, 2.45) is 5.41 Å². The summed E-state index contributed by atoms with van der Waals surface area (Å²) in [4.78, 5) is 10.4. The fraction of sp³-hybridized carbons (Fsp3) is 0.538. The first-order valence-electron chi connectivity index (χ1n) is 5.87. The molecule has 0 aliphatic rings. The van der Waals surface area contributed by atoms with Crippen LogP contribution in [0.1, 0.15) is 33.3 Å². The van der Waals surface area contributed by atoms with Crippen LogP contribution in [0.15, 0.2) is 22.7 Å². The van der Waals surface area contributed by atoms with Crippen LogP contribution in [0, 0.1) is 15.5 Å². The smallest absolute Gasteiger partial charge is 0.270 e. The number of rotatable bonds is 4. The van der Waals surface area contributed by atoms with E-state index in [4.69, 9.17) is 0 Å². The Hall–Kier alpha value is -0.940. The van der Waals surface area contributed by atoms with Crippen molar-refractivity contribution in [3.8, 4) is 0 Å². The van der Waals surface area contributed by atoms with E-state index in [1.807, 2.05) is 6.07 Å². The molecule has 0 saturated carbocycles. The van der Waals surface area contributed by atoms with Gasteiger partial charge >= 0.3 is 0 Å². The first kappa shape index (κ1) is 15.1. The minimum absolute atomic E-state index is 0.115. The third-order valence-corrected chi connectivity index (χ3v) is 3.52. The summed E-state index contributed by atoms with van der Waals surface area (Å²) in [7, 11) is 0. The first-order chi connectivity index (χ1) is 8.20. The van der Waals surface area contributed by atoms with Crippen LogP contribution in [0.5, 0.6) is 0 Å². The van der Waals surface area contributed by atoms with E-state index in [9.17, 15) is 10.1 Å². The second kappa shape index (κ2) is 5.80. The Kier molecular flexibility index (Phi) is 4.87. The first-order valence-corrected chi connectivity index (χ1v) is 6.66. The van der Waals surface area contributed by atoms with Gasteiger partial charge < -0.3 is 5.32 Å². The van der Waals surface area contributed by atoms with Gasteiger partial charge in [0, 0.05) is 29.2 Å². The molecule has 1 rings (SSSR count). The van der Waals surface area contributed by atoms with Gasteiger partial charge in [-0.1, -0.05) is 36.7 Å². The second-order valence-electron chi connectivity index (χ2n) is 5.54. The summed E-state index contributed by atoms with van der Waals surface area (Å²) < 4.78 is 0.733. The minimum Gasteiger partial charge on any atom is -0.310 e. The van der Waals surface area contributed by atoms with E-state index in [0.29, 0.717) is 12.6 Å². The van der Waals surface area contributed by atoms with Crippen LogP contribution in [-0.2, 0) is 6.54 Å². The van der Waals surface area contributed by atoms with Crippen molar-refractivity contribution in [3.63, 3.8) is 0 Å². The quantitative estimate of drug-likeness (QED) is 0.677. The molecule has 1 N–H and O–H groups in total. The molecule has 1 atom stereocenters. The van der Waals surface area contributed by atoms with Crippen LogP contribution in [0.2, 0.25) is 0 Å². The molecule has 1 aromatic carbocycles. The molecule has 100 valence electrons. The summed E-state index contributed by atoms with van der Waals surface area (Å²) >= 11 is 3.30. The lowest BCUT2D eigenvalue weighted by Crippen LogP contribution is -2.37. The van der Waals surface area contributed by atoms with Crippen molar-refractivity contribution in [2.45, 2.75) is 40.3 Å². The van der Waals surface area contributed by atoms with E-state index in [2.05, 4.69) is 48.9 Å². The lowest BCUT2D eigenvalue weighted by molar-refractivity contribution is -0.385. The molecule has 0 aliphatic heterocycles. The van der Waals surface area contributed by atoms with Gasteiger partial charge in [-0.25, -0.2) is 0 Å². The van der Waals surface area contributed by atoms with Crippen LogP contribution in [0.4, 0.5) is 5.69 Å². The van der Waals surface area contributed by atoms with Crippen molar-refractivity contribution in [1.29, 1.82) is 0 Å². The molecule has 0 aromatic heterocycles. The number of nitro benzene ring substituents is 1. The maximum Gasteiger partial charge on any atom is 0.270 e. The van der Waals surface area contributed by atoms with Crippen LogP contribution in [0.25, 0.3) is 0 Å². The van der Waals surface area contributed by atoms with Gasteiger partial charge in [-0.05, 0) is 24.0 Å². The Labute approximate surface area is 116 Å². The molecule has 1 aromatic rings. The molecule has 0 amide bonds. The SMILES string of the molecule is CC(NCc1cc(Br)cc([N+](=O)[O-])c1)C(C)(C)C. The van der Waals surface area contributed by atoms with Gasteiger partial charge in [-0.15, -0.1) is 0 Å². The largest absolute Gasteiger partial charge is 0.310 e. The highest BCUT2D eigenvalue weighted by Crippen LogP contribution is 2.23. The molecule has 0 spiro atoms. The summed E-state index contributed by atoms with van der Waals surface area (Å²) in [6.07, 6.45) is 0. The van der Waals surface area contributed by atoms with Crippen molar-refractivity contribution in [3.05, 3.63) is 38.3 Å². The molecule has 0 saturated heterocycles. The van der Waals surface area contributed by atoms with Gasteiger partial charge in [0.2, 0.25) is 0 Å². The highest BCUT2D eigenvalue weighted by Gasteiger charge is 2.19. The van der Waals surface area contributed by atoms with Gasteiger partial charge in [0.25, 0.3) is 5.69 Å². The Morgan fingerprint density at radius 3 is 2.50 bits per heavy atom. The van der Waals surface area contributed by atoms with Gasteiger partial charge in [-0.3, -0.25) is 10.1 Å². The number of hydrogen-bond donors (Lipinski definition) is 1. The van der Waals surface area contributed by atoms with Crippen molar-refractivity contribution < 1.29 is 4.92 Å². The van der Waals surface area contributed by atoms with Crippen LogP contribution in [0.3, 0.4) is 0 Å². The lowest BCUT2D eigenvalue weighted by Gasteiger charge is -2.28. The molecule has 1 unspecified atom stereocenters. The third kappa shape index (κ3) is 4.38. The van der Waals surface area contributed by atoms with Crippen LogP contribution >= 0.6 is 15.9 Å². The lowest BCUT2D eigenvalue weighted by atomic mass is 9.88. The maximum atomic E-state index is 10.8. The maximum absolute atomic E-state index is 10.8. The second-order valence-corrected chi connectivity index (χ2v) is 6.46. The molecule has 0 bridgehead atoms. The Morgan fingerprint density at radius 1 is 1.39 bits per heavy atom. The summed E-state index contributed by atoms with van der Waals surface area (Å²) in [6.45, 7) is 9.22. The van der Waals surface area contributed by atoms with Crippen molar-refractivity contribution in [1.82, 2.24) is 5.32 Å². The number of nitrogens with one attached hydrogen (secondary N) is 1. The number of non-ortho nitro benzene ring substituents is 1. The summed E-state index contributed by atoms with van der Waals surface area (Å²) in [6, 6.07) is 5.34. The zero-order chi connectivity index (χ0) is 13.9. The molecule has 0 aliphatic carbocycles. The summed E-state index contributed by atoms with van der Waals surface area (Å²) in [5.74, 6) is 0. The van der Waals surface area contributed by atoms with Gasteiger partial charge in [0.15, 0.2) is 0 Å². The van der Waals surface area contributed by atoms with Gasteiger partial charge in [0.05, 0.1) is 4.92 Å². The molecular formula is C13H19BrN2O2. The highest BCUT2D eigenvalue weighted by molar-refractivity contribution is 9.10. The fourth-order valence-electron chi connectivity index (χ4n) is 1.42. The predicted molar refractivity (Wildman–Crippen MR) is 76.6 cm³/mol. The van der Waals surface area contributed by atoms with Crippen LogP contribution < -0.4 is 5.32 Å². The van der Waals surface area contributed by atoms with E-state index in [1.54, 1.807) is 6.07 Å².